The van der Waals surface area contributed by atoms with Crippen molar-refractivity contribution in [3.05, 3.63) is 70.3 Å². The SMILES string of the molecule is CNC(=O)[C@@H]1CN(C(=O)/C=C/c2ccccc2[N+](=O)[O-])c2ccccc2O1. The Bertz CT molecular complexity index is 925. The number of anilines is 1. The minimum atomic E-state index is -0.840. The molecule has 0 saturated heterocycles. The van der Waals surface area contributed by atoms with Crippen LogP contribution in [0.4, 0.5) is 11.4 Å². The molecule has 1 aliphatic heterocycles. The van der Waals surface area contributed by atoms with Crippen molar-refractivity contribution in [2.24, 2.45) is 0 Å². The summed E-state index contributed by atoms with van der Waals surface area (Å²) in [4.78, 5) is 36.7. The summed E-state index contributed by atoms with van der Waals surface area (Å²) in [6, 6.07) is 13.0. The van der Waals surface area contributed by atoms with Crippen LogP contribution in [0.3, 0.4) is 0 Å². The lowest BCUT2D eigenvalue weighted by atomic mass is 10.1. The Kier molecular flexibility index (Phi) is 5.16. The monoisotopic (exact) mass is 367 g/mol. The van der Waals surface area contributed by atoms with E-state index >= 15 is 0 Å². The summed E-state index contributed by atoms with van der Waals surface area (Å²) in [5.41, 5.74) is 0.766. The first-order valence-electron chi connectivity index (χ1n) is 8.21. The third-order valence-corrected chi connectivity index (χ3v) is 4.12. The van der Waals surface area contributed by atoms with E-state index in [-0.39, 0.29) is 18.1 Å². The fraction of sp³-hybridized carbons (Fsp3) is 0.158. The number of carbonyl (C=O) groups is 2. The molecule has 1 heterocycles. The van der Waals surface area contributed by atoms with Crippen LogP contribution in [0.2, 0.25) is 0 Å². The number of likely N-dealkylation sites (N-methyl/N-ethyl adjacent to an activating group) is 1. The number of benzene rings is 2. The molecule has 0 unspecified atom stereocenters. The van der Waals surface area contributed by atoms with Crippen LogP contribution in [0.15, 0.2) is 54.6 Å². The van der Waals surface area contributed by atoms with Gasteiger partial charge in [0.2, 0.25) is 0 Å². The zero-order chi connectivity index (χ0) is 19.4. The maximum absolute atomic E-state index is 12.8. The molecule has 0 aliphatic carbocycles. The molecule has 8 nitrogen and oxygen atoms in total. The molecule has 3 rings (SSSR count). The van der Waals surface area contributed by atoms with Gasteiger partial charge in [0.15, 0.2) is 6.10 Å². The lowest BCUT2D eigenvalue weighted by Crippen LogP contribution is -2.49. The van der Waals surface area contributed by atoms with E-state index < -0.39 is 16.9 Å². The van der Waals surface area contributed by atoms with Crippen LogP contribution in [-0.2, 0) is 9.59 Å². The molecule has 1 aliphatic rings. The molecular formula is C19H17N3O5. The standard InChI is InChI=1S/C19H17N3O5/c1-20-19(24)17-12-21(15-8-4-5-9-16(15)27-17)18(23)11-10-13-6-2-3-7-14(13)22(25)26/h2-11,17H,12H2,1H3,(H,20,24)/b11-10+/t17-/m0/s1. The molecule has 2 aromatic rings. The number of nitro benzene ring substituents is 1. The molecule has 138 valence electrons. The van der Waals surface area contributed by atoms with Crippen molar-refractivity contribution in [3.63, 3.8) is 0 Å². The number of fused-ring (bicyclic) bond motifs is 1. The molecule has 1 N–H and O–H groups in total. The van der Waals surface area contributed by atoms with Crippen molar-refractivity contribution in [3.8, 4) is 5.75 Å². The fourth-order valence-corrected chi connectivity index (χ4v) is 2.79. The largest absolute Gasteiger partial charge is 0.477 e. The molecule has 0 aromatic heterocycles. The molecule has 0 saturated carbocycles. The molecule has 27 heavy (non-hydrogen) atoms. The van der Waals surface area contributed by atoms with Gasteiger partial charge < -0.3 is 15.0 Å². The third-order valence-electron chi connectivity index (χ3n) is 4.12. The first kappa shape index (κ1) is 18.1. The van der Waals surface area contributed by atoms with Gasteiger partial charge in [0, 0.05) is 19.2 Å². The highest BCUT2D eigenvalue weighted by Crippen LogP contribution is 2.33. The van der Waals surface area contributed by atoms with Crippen LogP contribution in [0.25, 0.3) is 6.08 Å². The van der Waals surface area contributed by atoms with Gasteiger partial charge in [-0.2, -0.15) is 0 Å². The highest BCUT2D eigenvalue weighted by Gasteiger charge is 2.32. The highest BCUT2D eigenvalue weighted by molar-refractivity contribution is 6.06. The third kappa shape index (κ3) is 3.79. The topological polar surface area (TPSA) is 102 Å². The summed E-state index contributed by atoms with van der Waals surface area (Å²) in [6.07, 6.45) is 1.81. The summed E-state index contributed by atoms with van der Waals surface area (Å²) < 4.78 is 5.66. The van der Waals surface area contributed by atoms with Crippen molar-refractivity contribution in [1.29, 1.82) is 0 Å². The number of hydrogen-bond acceptors (Lipinski definition) is 5. The van der Waals surface area contributed by atoms with Gasteiger partial charge in [-0.25, -0.2) is 0 Å². The van der Waals surface area contributed by atoms with Crippen molar-refractivity contribution >= 4 is 29.3 Å². The second-order valence-electron chi connectivity index (χ2n) is 5.79. The maximum atomic E-state index is 12.8. The summed E-state index contributed by atoms with van der Waals surface area (Å²) in [6.45, 7) is 0.0384. The summed E-state index contributed by atoms with van der Waals surface area (Å²) in [7, 11) is 1.49. The van der Waals surface area contributed by atoms with Crippen LogP contribution >= 0.6 is 0 Å². The number of carbonyl (C=O) groups excluding carboxylic acids is 2. The van der Waals surface area contributed by atoms with Crippen LogP contribution in [0.1, 0.15) is 5.56 Å². The van der Waals surface area contributed by atoms with E-state index in [0.717, 1.165) is 0 Å². The number of nitro groups is 1. The van der Waals surface area contributed by atoms with E-state index in [1.807, 2.05) is 0 Å². The molecule has 0 fully saturated rings. The van der Waals surface area contributed by atoms with Gasteiger partial charge >= 0.3 is 0 Å². The normalized spacial score (nSPS) is 15.7. The van der Waals surface area contributed by atoms with Crippen molar-refractivity contribution in [2.45, 2.75) is 6.10 Å². The molecule has 2 amide bonds. The number of amides is 2. The first-order chi connectivity index (χ1) is 13.0. The Morgan fingerprint density at radius 2 is 1.93 bits per heavy atom. The zero-order valence-electron chi connectivity index (χ0n) is 14.5. The fourth-order valence-electron chi connectivity index (χ4n) is 2.79. The van der Waals surface area contributed by atoms with Crippen molar-refractivity contribution < 1.29 is 19.2 Å². The Hall–Kier alpha value is -3.68. The predicted molar refractivity (Wildman–Crippen MR) is 99.4 cm³/mol. The lowest BCUT2D eigenvalue weighted by molar-refractivity contribution is -0.385. The minimum Gasteiger partial charge on any atom is -0.477 e. The van der Waals surface area contributed by atoms with E-state index in [1.54, 1.807) is 42.5 Å². The van der Waals surface area contributed by atoms with Gasteiger partial charge in [0.05, 0.1) is 22.7 Å². The summed E-state index contributed by atoms with van der Waals surface area (Å²) in [5, 5.41) is 13.6. The molecule has 0 radical (unpaired) electrons. The molecular weight excluding hydrogens is 350 g/mol. The van der Waals surface area contributed by atoms with Crippen LogP contribution in [0.5, 0.6) is 5.75 Å². The van der Waals surface area contributed by atoms with Gasteiger partial charge in [0.1, 0.15) is 5.75 Å². The average molecular weight is 367 g/mol. The highest BCUT2D eigenvalue weighted by atomic mass is 16.6. The lowest BCUT2D eigenvalue weighted by Gasteiger charge is -2.33. The molecule has 0 spiro atoms. The molecule has 2 aromatic carbocycles. The maximum Gasteiger partial charge on any atom is 0.276 e. The van der Waals surface area contributed by atoms with Crippen molar-refractivity contribution in [2.75, 3.05) is 18.5 Å². The Balaban J connectivity index is 1.89. The van der Waals surface area contributed by atoms with Crippen LogP contribution in [-0.4, -0.2) is 36.4 Å². The first-order valence-corrected chi connectivity index (χ1v) is 8.21. The quantitative estimate of drug-likeness (QED) is 0.507. The van der Waals surface area contributed by atoms with E-state index in [1.165, 1.54) is 30.2 Å². The van der Waals surface area contributed by atoms with E-state index in [0.29, 0.717) is 17.0 Å². The Labute approximate surface area is 155 Å². The van der Waals surface area contributed by atoms with Crippen molar-refractivity contribution in [1.82, 2.24) is 5.32 Å². The molecule has 8 heteroatoms. The number of rotatable bonds is 4. The van der Waals surface area contributed by atoms with Gasteiger partial charge in [-0.3, -0.25) is 19.7 Å². The van der Waals surface area contributed by atoms with Gasteiger partial charge in [-0.15, -0.1) is 0 Å². The Morgan fingerprint density at radius 1 is 1.22 bits per heavy atom. The number of nitrogens with one attached hydrogen (secondary N) is 1. The summed E-state index contributed by atoms with van der Waals surface area (Å²) >= 11 is 0. The summed E-state index contributed by atoms with van der Waals surface area (Å²) in [5.74, 6) is -0.326. The van der Waals surface area contributed by atoms with Gasteiger partial charge in [0.25, 0.3) is 17.5 Å². The number of hydrogen-bond donors (Lipinski definition) is 1. The minimum absolute atomic E-state index is 0.0384. The van der Waals surface area contributed by atoms with Crippen LogP contribution in [0, 0.1) is 10.1 Å². The second kappa shape index (κ2) is 7.69. The van der Waals surface area contributed by atoms with Gasteiger partial charge in [-0.05, 0) is 24.3 Å². The van der Waals surface area contributed by atoms with E-state index in [9.17, 15) is 19.7 Å². The number of ether oxygens (including phenoxy) is 1. The predicted octanol–water partition coefficient (Wildman–Crippen LogP) is 2.15. The van der Waals surface area contributed by atoms with Crippen LogP contribution < -0.4 is 15.0 Å². The number of nitrogens with zero attached hydrogens (tertiary/aromatic N) is 2. The smallest absolute Gasteiger partial charge is 0.276 e. The molecule has 1 atom stereocenters. The number of para-hydroxylation sites is 3. The van der Waals surface area contributed by atoms with E-state index in [2.05, 4.69) is 5.32 Å². The zero-order valence-corrected chi connectivity index (χ0v) is 14.5. The van der Waals surface area contributed by atoms with E-state index in [4.69, 9.17) is 4.74 Å². The van der Waals surface area contributed by atoms with Gasteiger partial charge in [-0.1, -0.05) is 24.3 Å². The average Bonchev–Trinajstić information content (AvgIpc) is 2.70. The molecule has 0 bridgehead atoms. The second-order valence-corrected chi connectivity index (χ2v) is 5.79. The Morgan fingerprint density at radius 3 is 2.67 bits per heavy atom.